The lowest BCUT2D eigenvalue weighted by molar-refractivity contribution is 0.133. The molecule has 3 unspecified atom stereocenters. The molecule has 1 saturated heterocycles. The van der Waals surface area contributed by atoms with Crippen LogP contribution in [0, 0.1) is 11.8 Å². The number of piperidine rings is 1. The van der Waals surface area contributed by atoms with Gasteiger partial charge in [-0.2, -0.15) is 0 Å². The zero-order chi connectivity index (χ0) is 8.97. The Balaban J connectivity index is 2.33. The van der Waals surface area contributed by atoms with Crippen molar-refractivity contribution in [3.8, 4) is 0 Å². The standard InChI is InChI=1S/C10H20FN/c1-3-8(2)10(11)9-5-4-6-12-7-9/h8-10,12H,3-7H2,1-2H3. The molecule has 0 bridgehead atoms. The smallest absolute Gasteiger partial charge is 0.107 e. The third-order valence-corrected chi connectivity index (χ3v) is 2.97. The predicted octanol–water partition coefficient (Wildman–Crippen LogP) is 2.37. The van der Waals surface area contributed by atoms with Crippen molar-refractivity contribution in [2.45, 2.75) is 39.3 Å². The van der Waals surface area contributed by atoms with Crippen molar-refractivity contribution >= 4 is 0 Å². The Hall–Kier alpha value is -0.110. The van der Waals surface area contributed by atoms with Gasteiger partial charge in [0.25, 0.3) is 0 Å². The molecule has 12 heavy (non-hydrogen) atoms. The van der Waals surface area contributed by atoms with E-state index in [1.54, 1.807) is 0 Å². The van der Waals surface area contributed by atoms with E-state index in [0.717, 1.165) is 32.4 Å². The van der Waals surface area contributed by atoms with Crippen molar-refractivity contribution in [3.05, 3.63) is 0 Å². The normalized spacial score (nSPS) is 29.8. The monoisotopic (exact) mass is 173 g/mol. The van der Waals surface area contributed by atoms with Gasteiger partial charge in [-0.25, -0.2) is 4.39 Å². The fourth-order valence-corrected chi connectivity index (χ4v) is 1.84. The summed E-state index contributed by atoms with van der Waals surface area (Å²) in [5, 5.41) is 3.25. The molecule has 0 aromatic heterocycles. The maximum atomic E-state index is 13.6. The molecular weight excluding hydrogens is 153 g/mol. The molecule has 1 heterocycles. The Bertz CT molecular complexity index is 121. The van der Waals surface area contributed by atoms with Gasteiger partial charge in [0.15, 0.2) is 0 Å². The van der Waals surface area contributed by atoms with E-state index in [0.29, 0.717) is 0 Å². The van der Waals surface area contributed by atoms with Gasteiger partial charge in [-0.3, -0.25) is 0 Å². The summed E-state index contributed by atoms with van der Waals surface area (Å²) in [6.07, 6.45) is 2.57. The molecule has 1 fully saturated rings. The average molecular weight is 173 g/mol. The summed E-state index contributed by atoms with van der Waals surface area (Å²) >= 11 is 0. The molecule has 0 radical (unpaired) electrons. The molecule has 0 spiro atoms. The lowest BCUT2D eigenvalue weighted by Crippen LogP contribution is -2.37. The molecule has 1 aliphatic rings. The molecule has 72 valence electrons. The minimum atomic E-state index is -0.595. The first-order valence-electron chi connectivity index (χ1n) is 5.10. The van der Waals surface area contributed by atoms with Gasteiger partial charge in [-0.05, 0) is 25.3 Å². The molecule has 0 aliphatic carbocycles. The van der Waals surface area contributed by atoms with Crippen LogP contribution < -0.4 is 5.32 Å². The van der Waals surface area contributed by atoms with Crippen molar-refractivity contribution < 1.29 is 4.39 Å². The van der Waals surface area contributed by atoms with Crippen molar-refractivity contribution in [1.82, 2.24) is 5.32 Å². The van der Waals surface area contributed by atoms with Crippen molar-refractivity contribution in [2.75, 3.05) is 13.1 Å². The van der Waals surface area contributed by atoms with Crippen LogP contribution in [-0.4, -0.2) is 19.3 Å². The molecule has 1 nitrogen and oxygen atoms in total. The van der Waals surface area contributed by atoms with E-state index in [4.69, 9.17) is 0 Å². The number of alkyl halides is 1. The molecule has 0 saturated carbocycles. The molecule has 1 rings (SSSR count). The largest absolute Gasteiger partial charge is 0.316 e. The highest BCUT2D eigenvalue weighted by molar-refractivity contribution is 4.78. The third-order valence-electron chi connectivity index (χ3n) is 2.97. The zero-order valence-electron chi connectivity index (χ0n) is 8.15. The second-order valence-corrected chi connectivity index (χ2v) is 3.94. The highest BCUT2D eigenvalue weighted by atomic mass is 19.1. The SMILES string of the molecule is CCC(C)C(F)C1CCCNC1. The minimum absolute atomic E-state index is 0.231. The highest BCUT2D eigenvalue weighted by Gasteiger charge is 2.26. The van der Waals surface area contributed by atoms with Crippen LogP contribution in [0.4, 0.5) is 4.39 Å². The summed E-state index contributed by atoms with van der Waals surface area (Å²) in [5.74, 6) is 0.503. The summed E-state index contributed by atoms with van der Waals surface area (Å²) in [4.78, 5) is 0. The molecular formula is C10H20FN. The average Bonchev–Trinajstić information content (AvgIpc) is 2.17. The van der Waals surface area contributed by atoms with Crippen LogP contribution >= 0.6 is 0 Å². The number of rotatable bonds is 3. The van der Waals surface area contributed by atoms with E-state index in [2.05, 4.69) is 12.2 Å². The van der Waals surface area contributed by atoms with Crippen LogP contribution in [-0.2, 0) is 0 Å². The van der Waals surface area contributed by atoms with E-state index in [1.165, 1.54) is 0 Å². The van der Waals surface area contributed by atoms with Gasteiger partial charge in [-0.15, -0.1) is 0 Å². The van der Waals surface area contributed by atoms with Crippen LogP contribution in [0.1, 0.15) is 33.1 Å². The Morgan fingerprint density at radius 2 is 2.33 bits per heavy atom. The summed E-state index contributed by atoms with van der Waals surface area (Å²) in [7, 11) is 0. The zero-order valence-corrected chi connectivity index (χ0v) is 8.15. The van der Waals surface area contributed by atoms with E-state index in [1.807, 2.05) is 6.92 Å². The van der Waals surface area contributed by atoms with E-state index >= 15 is 0 Å². The highest BCUT2D eigenvalue weighted by Crippen LogP contribution is 2.24. The fraction of sp³-hybridized carbons (Fsp3) is 1.00. The van der Waals surface area contributed by atoms with Crippen molar-refractivity contribution in [1.29, 1.82) is 0 Å². The summed E-state index contributed by atoms with van der Waals surface area (Å²) in [6.45, 7) is 6.03. The maximum absolute atomic E-state index is 13.6. The molecule has 1 N–H and O–H groups in total. The molecule has 2 heteroatoms. The van der Waals surface area contributed by atoms with Crippen LogP contribution in [0.15, 0.2) is 0 Å². The molecule has 0 aromatic carbocycles. The first-order chi connectivity index (χ1) is 5.75. The molecule has 1 aliphatic heterocycles. The summed E-state index contributed by atoms with van der Waals surface area (Å²) < 4.78 is 13.6. The van der Waals surface area contributed by atoms with Gasteiger partial charge in [-0.1, -0.05) is 20.3 Å². The molecule has 0 amide bonds. The van der Waals surface area contributed by atoms with Gasteiger partial charge in [0, 0.05) is 12.5 Å². The maximum Gasteiger partial charge on any atom is 0.107 e. The van der Waals surface area contributed by atoms with E-state index in [-0.39, 0.29) is 11.8 Å². The summed E-state index contributed by atoms with van der Waals surface area (Å²) in [5.41, 5.74) is 0. The molecule has 3 atom stereocenters. The number of nitrogens with one attached hydrogen (secondary N) is 1. The number of halogens is 1. The first kappa shape index (κ1) is 9.97. The van der Waals surface area contributed by atoms with Crippen LogP contribution in [0.2, 0.25) is 0 Å². The number of hydrogen-bond acceptors (Lipinski definition) is 1. The van der Waals surface area contributed by atoms with Gasteiger partial charge in [0.2, 0.25) is 0 Å². The quantitative estimate of drug-likeness (QED) is 0.691. The first-order valence-corrected chi connectivity index (χ1v) is 5.10. The Kier molecular flexibility index (Phi) is 3.99. The van der Waals surface area contributed by atoms with Crippen molar-refractivity contribution in [3.63, 3.8) is 0 Å². The minimum Gasteiger partial charge on any atom is -0.316 e. The lowest BCUT2D eigenvalue weighted by Gasteiger charge is -2.28. The Labute approximate surface area is 74.7 Å². The van der Waals surface area contributed by atoms with Crippen molar-refractivity contribution in [2.24, 2.45) is 11.8 Å². The van der Waals surface area contributed by atoms with Crippen LogP contribution in [0.25, 0.3) is 0 Å². The fourth-order valence-electron chi connectivity index (χ4n) is 1.84. The predicted molar refractivity (Wildman–Crippen MR) is 49.9 cm³/mol. The number of hydrogen-bond donors (Lipinski definition) is 1. The second-order valence-electron chi connectivity index (χ2n) is 3.94. The van der Waals surface area contributed by atoms with E-state index < -0.39 is 6.17 Å². The van der Waals surface area contributed by atoms with Gasteiger partial charge in [0.05, 0.1) is 0 Å². The van der Waals surface area contributed by atoms with Crippen LogP contribution in [0.3, 0.4) is 0 Å². The Morgan fingerprint density at radius 3 is 2.83 bits per heavy atom. The lowest BCUT2D eigenvalue weighted by atomic mass is 9.87. The van der Waals surface area contributed by atoms with Gasteiger partial charge < -0.3 is 5.32 Å². The van der Waals surface area contributed by atoms with Gasteiger partial charge in [0.1, 0.15) is 6.17 Å². The topological polar surface area (TPSA) is 12.0 Å². The summed E-state index contributed by atoms with van der Waals surface area (Å²) in [6, 6.07) is 0. The second kappa shape index (κ2) is 4.80. The van der Waals surface area contributed by atoms with Gasteiger partial charge >= 0.3 is 0 Å². The Morgan fingerprint density at radius 1 is 1.58 bits per heavy atom. The van der Waals surface area contributed by atoms with Crippen LogP contribution in [0.5, 0.6) is 0 Å². The molecule has 0 aromatic rings. The third kappa shape index (κ3) is 2.44. The van der Waals surface area contributed by atoms with E-state index in [9.17, 15) is 4.39 Å².